The van der Waals surface area contributed by atoms with Crippen molar-refractivity contribution < 1.29 is 29.3 Å². The highest BCUT2D eigenvalue weighted by atomic mass is 16.7. The van der Waals surface area contributed by atoms with E-state index in [9.17, 15) is 9.59 Å². The van der Waals surface area contributed by atoms with Crippen LogP contribution in [-0.4, -0.2) is 52.3 Å². The number of hydrogen-bond donors (Lipinski definition) is 2. The molecule has 3 rings (SSSR count). The highest BCUT2D eigenvalue weighted by Gasteiger charge is 2.55. The van der Waals surface area contributed by atoms with E-state index in [1.165, 1.54) is 0 Å². The Morgan fingerprint density at radius 2 is 1.45 bits per heavy atom. The molecule has 1 unspecified atom stereocenters. The molecule has 7 heteroatoms. The lowest BCUT2D eigenvalue weighted by molar-refractivity contribution is -0.297. The average Bonchev–Trinajstić information content (AvgIpc) is 2.88. The van der Waals surface area contributed by atoms with E-state index in [2.05, 4.69) is 13.8 Å². The number of ether oxygens (including phenoxy) is 2. The van der Waals surface area contributed by atoms with Crippen LogP contribution in [0.2, 0.25) is 0 Å². The van der Waals surface area contributed by atoms with E-state index in [0.29, 0.717) is 31.0 Å². The first-order valence-electron chi connectivity index (χ1n) is 7.74. The van der Waals surface area contributed by atoms with Gasteiger partial charge in [0.15, 0.2) is 5.79 Å². The van der Waals surface area contributed by atoms with Gasteiger partial charge in [-0.25, -0.2) is 14.5 Å². The Kier molecular flexibility index (Phi) is 3.60. The maximum Gasteiger partial charge on any atom is 0.417 e. The van der Waals surface area contributed by atoms with E-state index in [0.717, 1.165) is 12.8 Å². The van der Waals surface area contributed by atoms with Gasteiger partial charge in [-0.1, -0.05) is 13.8 Å². The molecule has 0 aromatic heterocycles. The van der Waals surface area contributed by atoms with Crippen LogP contribution in [-0.2, 0) is 9.47 Å². The average molecular weight is 313 g/mol. The molecule has 2 aliphatic carbocycles. The molecule has 124 valence electrons. The van der Waals surface area contributed by atoms with Gasteiger partial charge in [-0.2, -0.15) is 0 Å². The number of imide groups is 1. The molecule has 1 aliphatic heterocycles. The van der Waals surface area contributed by atoms with Crippen LogP contribution in [0.15, 0.2) is 0 Å². The maximum atomic E-state index is 11.1. The first-order chi connectivity index (χ1) is 10.2. The molecule has 7 nitrogen and oxygen atoms in total. The molecule has 0 aromatic rings. The number of amides is 2. The van der Waals surface area contributed by atoms with Crippen LogP contribution in [0.4, 0.5) is 9.59 Å². The van der Waals surface area contributed by atoms with Gasteiger partial charge in [0.25, 0.3) is 0 Å². The van der Waals surface area contributed by atoms with Crippen LogP contribution in [0.1, 0.15) is 39.5 Å². The molecule has 1 heterocycles. The van der Waals surface area contributed by atoms with E-state index in [-0.39, 0.29) is 17.3 Å². The number of hydrogen-bond acceptors (Lipinski definition) is 4. The Hall–Kier alpha value is -1.34. The molecule has 2 N–H and O–H groups in total. The van der Waals surface area contributed by atoms with E-state index in [4.69, 9.17) is 19.7 Å². The summed E-state index contributed by atoms with van der Waals surface area (Å²) >= 11 is 0. The maximum absolute atomic E-state index is 11.1. The second-order valence-corrected chi connectivity index (χ2v) is 7.64. The van der Waals surface area contributed by atoms with Crippen LogP contribution in [0.3, 0.4) is 0 Å². The third kappa shape index (κ3) is 2.67. The number of nitrogens with zero attached hydrogens (tertiary/aromatic N) is 1. The van der Waals surface area contributed by atoms with Gasteiger partial charge < -0.3 is 19.7 Å². The van der Waals surface area contributed by atoms with Gasteiger partial charge >= 0.3 is 12.2 Å². The first-order valence-corrected chi connectivity index (χ1v) is 7.74. The summed E-state index contributed by atoms with van der Waals surface area (Å²) in [7, 11) is 0. The molecule has 3 aliphatic rings. The molecule has 2 amide bonds. The van der Waals surface area contributed by atoms with Crippen molar-refractivity contribution in [2.75, 3.05) is 13.2 Å². The zero-order chi connectivity index (χ0) is 16.1. The van der Waals surface area contributed by atoms with Gasteiger partial charge in [-0.15, -0.1) is 0 Å². The Labute approximate surface area is 129 Å². The van der Waals surface area contributed by atoms with Crippen LogP contribution >= 0.6 is 0 Å². The van der Waals surface area contributed by atoms with E-state index in [1.807, 2.05) is 0 Å². The van der Waals surface area contributed by atoms with Crippen molar-refractivity contribution >= 4 is 12.2 Å². The topological polar surface area (TPSA) is 96.3 Å². The molecule has 2 saturated carbocycles. The third-order valence-corrected chi connectivity index (χ3v) is 5.19. The molecule has 0 radical (unpaired) electrons. The second-order valence-electron chi connectivity index (χ2n) is 7.64. The third-order valence-electron chi connectivity index (χ3n) is 5.19. The summed E-state index contributed by atoms with van der Waals surface area (Å²) in [5.74, 6) is 0.00688. The van der Waals surface area contributed by atoms with E-state index in [1.54, 1.807) is 0 Å². The van der Waals surface area contributed by atoms with Gasteiger partial charge in [0.2, 0.25) is 0 Å². The SMILES string of the molecule is CC1(C)COC2(C[C@H]3CC(N(C(=O)O)C(=O)O)C[C@H]3C2)OC1. The minimum Gasteiger partial charge on any atom is -0.465 e. The van der Waals surface area contributed by atoms with Crippen molar-refractivity contribution in [3.63, 3.8) is 0 Å². The van der Waals surface area contributed by atoms with Crippen molar-refractivity contribution in [1.29, 1.82) is 0 Å². The minimum atomic E-state index is -1.39. The molecule has 22 heavy (non-hydrogen) atoms. The number of carbonyl (C=O) groups is 2. The summed E-state index contributed by atoms with van der Waals surface area (Å²) in [6.45, 7) is 5.52. The van der Waals surface area contributed by atoms with Gasteiger partial charge in [0.05, 0.1) is 13.2 Å². The summed E-state index contributed by atoms with van der Waals surface area (Å²) in [6.07, 6.45) is -0.171. The van der Waals surface area contributed by atoms with E-state index < -0.39 is 24.0 Å². The first kappa shape index (κ1) is 15.6. The highest BCUT2D eigenvalue weighted by molar-refractivity contribution is 5.86. The fourth-order valence-corrected chi connectivity index (χ4v) is 4.14. The second kappa shape index (κ2) is 5.09. The van der Waals surface area contributed by atoms with Crippen molar-refractivity contribution in [3.05, 3.63) is 0 Å². The smallest absolute Gasteiger partial charge is 0.417 e. The standard InChI is InChI=1S/C15H23NO6/c1-14(2)7-21-15(22-8-14)5-9-3-11(4-10(9)6-15)16(12(17)18)13(19)20/h9-11H,3-8H2,1-2H3,(H,17,18)(H,19,20)/t9-,10+,11?. The van der Waals surface area contributed by atoms with Crippen LogP contribution in [0.5, 0.6) is 0 Å². The molecule has 0 aromatic carbocycles. The van der Waals surface area contributed by atoms with Crippen LogP contribution < -0.4 is 0 Å². The van der Waals surface area contributed by atoms with Gasteiger partial charge in [-0.05, 0) is 24.7 Å². The zero-order valence-electron chi connectivity index (χ0n) is 12.9. The Balaban J connectivity index is 1.63. The lowest BCUT2D eigenvalue weighted by Crippen LogP contribution is -2.47. The minimum absolute atomic E-state index is 0.0227. The fraction of sp³-hybridized carbons (Fsp3) is 0.867. The fourth-order valence-electron chi connectivity index (χ4n) is 4.14. The Morgan fingerprint density at radius 1 is 1.00 bits per heavy atom. The van der Waals surface area contributed by atoms with Gasteiger partial charge in [0.1, 0.15) is 0 Å². The molecule has 1 spiro atoms. The number of fused-ring (bicyclic) bond motifs is 1. The zero-order valence-corrected chi connectivity index (χ0v) is 12.9. The lowest BCUT2D eigenvalue weighted by atomic mass is 9.94. The summed E-state index contributed by atoms with van der Waals surface area (Å²) in [5.41, 5.74) is 0.0227. The molecule has 1 saturated heterocycles. The van der Waals surface area contributed by atoms with Crippen LogP contribution in [0.25, 0.3) is 0 Å². The Morgan fingerprint density at radius 3 is 1.86 bits per heavy atom. The van der Waals surface area contributed by atoms with Crippen molar-refractivity contribution in [2.24, 2.45) is 17.3 Å². The predicted octanol–water partition coefficient (Wildman–Crippen LogP) is 2.60. The summed E-state index contributed by atoms with van der Waals surface area (Å²) < 4.78 is 12.0. The summed E-state index contributed by atoms with van der Waals surface area (Å²) in [4.78, 5) is 22.8. The monoisotopic (exact) mass is 313 g/mol. The Bertz CT molecular complexity index is 450. The molecule has 0 bridgehead atoms. The van der Waals surface area contributed by atoms with Crippen molar-refractivity contribution in [1.82, 2.24) is 4.90 Å². The van der Waals surface area contributed by atoms with Gasteiger partial charge in [0, 0.05) is 24.3 Å². The van der Waals surface area contributed by atoms with Crippen molar-refractivity contribution in [3.8, 4) is 0 Å². The largest absolute Gasteiger partial charge is 0.465 e. The quantitative estimate of drug-likeness (QED) is 0.772. The molecule has 3 fully saturated rings. The van der Waals surface area contributed by atoms with Crippen LogP contribution in [0, 0.1) is 17.3 Å². The van der Waals surface area contributed by atoms with Gasteiger partial charge in [-0.3, -0.25) is 0 Å². The normalized spacial score (nSPS) is 35.3. The van der Waals surface area contributed by atoms with E-state index >= 15 is 0 Å². The molecular weight excluding hydrogens is 290 g/mol. The highest BCUT2D eigenvalue weighted by Crippen LogP contribution is 2.53. The lowest BCUT2D eigenvalue weighted by Gasteiger charge is -2.42. The predicted molar refractivity (Wildman–Crippen MR) is 75.5 cm³/mol. The molecule has 3 atom stereocenters. The number of rotatable bonds is 1. The van der Waals surface area contributed by atoms with Crippen molar-refractivity contribution in [2.45, 2.75) is 51.4 Å². The summed E-state index contributed by atoms with van der Waals surface area (Å²) in [6, 6.07) is -0.442. The summed E-state index contributed by atoms with van der Waals surface area (Å²) in [5, 5.41) is 18.1. The number of carboxylic acid groups (broad SMARTS) is 2. The molecular formula is C15H23NO6.